The van der Waals surface area contributed by atoms with Gasteiger partial charge in [-0.15, -0.1) is 0 Å². The number of thiocarbonyl (C=S) groups is 1. The van der Waals surface area contributed by atoms with Crippen LogP contribution in [-0.2, 0) is 6.54 Å². The van der Waals surface area contributed by atoms with Gasteiger partial charge >= 0.3 is 11.9 Å². The Bertz CT molecular complexity index is 1410. The molecule has 1 aliphatic rings. The maximum atomic E-state index is 11.6. The zero-order valence-electron chi connectivity index (χ0n) is 18.7. The minimum absolute atomic E-state index is 0.141. The summed E-state index contributed by atoms with van der Waals surface area (Å²) in [5.41, 5.74) is 1.85. The molecule has 180 valence electrons. The molecule has 0 bridgehead atoms. The second-order valence-electron chi connectivity index (χ2n) is 8.22. The molecule has 3 aromatic heterocycles. The number of rotatable bonds is 7. The van der Waals surface area contributed by atoms with Crippen molar-refractivity contribution in [2.24, 2.45) is 0 Å². The van der Waals surface area contributed by atoms with Gasteiger partial charge in [-0.3, -0.25) is 9.97 Å². The van der Waals surface area contributed by atoms with Crippen LogP contribution in [0.25, 0.3) is 11.3 Å². The lowest BCUT2D eigenvalue weighted by atomic mass is 10.0. The van der Waals surface area contributed by atoms with Crippen LogP contribution in [0.3, 0.4) is 0 Å². The monoisotopic (exact) mass is 500 g/mol. The zero-order valence-corrected chi connectivity index (χ0v) is 19.6. The molecule has 1 saturated heterocycles. The minimum Gasteiger partial charge on any atom is -0.478 e. The molecule has 4 heterocycles. The largest absolute Gasteiger partial charge is 0.478 e. The lowest BCUT2D eigenvalue weighted by molar-refractivity contribution is 0.0696. The van der Waals surface area contributed by atoms with Gasteiger partial charge in [-0.25, -0.2) is 9.59 Å². The molecule has 0 spiro atoms. The van der Waals surface area contributed by atoms with Crippen LogP contribution >= 0.6 is 12.2 Å². The van der Waals surface area contributed by atoms with Crippen LogP contribution in [0.4, 0.5) is 0 Å². The Hall–Kier alpha value is -4.57. The maximum Gasteiger partial charge on any atom is 0.335 e. The molecule has 3 N–H and O–H groups in total. The SMILES string of the molecule is O=C(O)c1cc(C(=O)O)cc(-c2ccc([C@@H]3[C@H](c4ccccn4)NC(=S)N3Cc3ccncc3)o2)c1. The van der Waals surface area contributed by atoms with E-state index >= 15 is 0 Å². The van der Waals surface area contributed by atoms with E-state index < -0.39 is 11.9 Å². The highest BCUT2D eigenvalue weighted by molar-refractivity contribution is 7.80. The molecule has 36 heavy (non-hydrogen) atoms. The third-order valence-corrected chi connectivity index (χ3v) is 6.28. The van der Waals surface area contributed by atoms with Crippen LogP contribution in [0, 0.1) is 0 Å². The van der Waals surface area contributed by atoms with E-state index in [1.807, 2.05) is 35.2 Å². The maximum absolute atomic E-state index is 11.6. The number of carboxylic acids is 2. The molecular formula is C26H20N4O5S. The van der Waals surface area contributed by atoms with E-state index in [0.717, 1.165) is 17.3 Å². The number of benzene rings is 1. The van der Waals surface area contributed by atoms with Gasteiger partial charge in [0.25, 0.3) is 0 Å². The van der Waals surface area contributed by atoms with Gasteiger partial charge in [0.05, 0.1) is 22.9 Å². The molecule has 2 atom stereocenters. The Kier molecular flexibility index (Phi) is 6.17. The van der Waals surface area contributed by atoms with Crippen LogP contribution in [-0.4, -0.2) is 42.1 Å². The fourth-order valence-electron chi connectivity index (χ4n) is 4.25. The summed E-state index contributed by atoms with van der Waals surface area (Å²) in [4.78, 5) is 33.7. The van der Waals surface area contributed by atoms with Crippen LogP contribution in [0.5, 0.6) is 0 Å². The first kappa shape index (κ1) is 23.2. The zero-order chi connectivity index (χ0) is 25.2. The molecule has 9 nitrogen and oxygen atoms in total. The standard InChI is InChI=1S/C26H20N4O5S/c31-24(32)17-11-16(12-18(13-17)25(33)34)20-4-5-21(35-20)23-22(19-3-1-2-8-28-19)29-26(36)30(23)14-15-6-9-27-10-7-15/h1-13,22-23H,14H2,(H,29,36)(H,31,32)(H,33,34)/t22-,23+/m0/s1. The van der Waals surface area contributed by atoms with Crippen molar-refractivity contribution in [2.45, 2.75) is 18.6 Å². The van der Waals surface area contributed by atoms with Crippen LogP contribution in [0.15, 0.2) is 83.7 Å². The predicted octanol–water partition coefficient (Wildman–Crippen LogP) is 4.31. The Morgan fingerprint density at radius 1 is 0.972 bits per heavy atom. The number of nitrogens with zero attached hydrogens (tertiary/aromatic N) is 3. The van der Waals surface area contributed by atoms with Crippen LogP contribution in [0.2, 0.25) is 0 Å². The van der Waals surface area contributed by atoms with E-state index in [4.69, 9.17) is 16.6 Å². The Morgan fingerprint density at radius 2 is 1.69 bits per heavy atom. The number of carbonyl (C=O) groups is 2. The van der Waals surface area contributed by atoms with Crippen molar-refractivity contribution in [1.29, 1.82) is 0 Å². The van der Waals surface area contributed by atoms with Crippen molar-refractivity contribution in [2.75, 3.05) is 0 Å². The molecule has 0 aliphatic carbocycles. The van der Waals surface area contributed by atoms with Crippen molar-refractivity contribution in [3.8, 4) is 11.3 Å². The van der Waals surface area contributed by atoms with Gasteiger partial charge in [0.15, 0.2) is 5.11 Å². The smallest absolute Gasteiger partial charge is 0.335 e. The lowest BCUT2D eigenvalue weighted by Crippen LogP contribution is -2.29. The number of carboxylic acid groups (broad SMARTS) is 2. The molecule has 1 aliphatic heterocycles. The van der Waals surface area contributed by atoms with Crippen molar-refractivity contribution in [3.63, 3.8) is 0 Å². The van der Waals surface area contributed by atoms with Crippen LogP contribution < -0.4 is 5.32 Å². The topological polar surface area (TPSA) is 129 Å². The molecule has 0 radical (unpaired) electrons. The minimum atomic E-state index is -1.23. The molecule has 1 aromatic carbocycles. The van der Waals surface area contributed by atoms with E-state index in [9.17, 15) is 19.8 Å². The first-order valence-corrected chi connectivity index (χ1v) is 11.4. The normalized spacial score (nSPS) is 17.1. The highest BCUT2D eigenvalue weighted by Gasteiger charge is 2.41. The summed E-state index contributed by atoms with van der Waals surface area (Å²) in [6, 6.07) is 16.2. The summed E-state index contributed by atoms with van der Waals surface area (Å²) in [6.45, 7) is 0.496. The summed E-state index contributed by atoms with van der Waals surface area (Å²) >= 11 is 5.68. The Balaban J connectivity index is 1.56. The number of pyridine rings is 2. The summed E-state index contributed by atoms with van der Waals surface area (Å²) in [5, 5.41) is 22.8. The van der Waals surface area contributed by atoms with Gasteiger partial charge in [-0.2, -0.15) is 0 Å². The van der Waals surface area contributed by atoms with E-state index in [-0.39, 0.29) is 23.2 Å². The van der Waals surface area contributed by atoms with Gasteiger partial charge < -0.3 is 24.8 Å². The quantitative estimate of drug-likeness (QED) is 0.316. The van der Waals surface area contributed by atoms with Gasteiger partial charge in [0, 0.05) is 30.7 Å². The van der Waals surface area contributed by atoms with E-state index in [1.165, 1.54) is 12.1 Å². The van der Waals surface area contributed by atoms with Crippen molar-refractivity contribution in [3.05, 3.63) is 107 Å². The Morgan fingerprint density at radius 3 is 2.33 bits per heavy atom. The number of furan rings is 1. The van der Waals surface area contributed by atoms with Gasteiger partial charge in [0.2, 0.25) is 0 Å². The van der Waals surface area contributed by atoms with Crippen LogP contribution in [0.1, 0.15) is 49.8 Å². The Labute approximate surface area is 211 Å². The first-order chi connectivity index (χ1) is 17.4. The fraction of sp³-hybridized carbons (Fsp3) is 0.115. The molecule has 1 fully saturated rings. The average molecular weight is 501 g/mol. The van der Waals surface area contributed by atoms with Crippen molar-refractivity contribution < 1.29 is 24.2 Å². The molecule has 0 amide bonds. The molecule has 10 heteroatoms. The summed E-state index contributed by atoms with van der Waals surface area (Å²) in [7, 11) is 0. The second-order valence-corrected chi connectivity index (χ2v) is 8.61. The number of hydrogen-bond donors (Lipinski definition) is 3. The molecule has 0 unspecified atom stereocenters. The predicted molar refractivity (Wildman–Crippen MR) is 133 cm³/mol. The summed E-state index contributed by atoms with van der Waals surface area (Å²) < 4.78 is 6.22. The highest BCUT2D eigenvalue weighted by atomic mass is 32.1. The van der Waals surface area contributed by atoms with Crippen molar-refractivity contribution in [1.82, 2.24) is 20.2 Å². The van der Waals surface area contributed by atoms with Gasteiger partial charge in [0.1, 0.15) is 17.6 Å². The third-order valence-electron chi connectivity index (χ3n) is 5.93. The second kappa shape index (κ2) is 9.59. The van der Waals surface area contributed by atoms with Gasteiger partial charge in [-0.1, -0.05) is 6.07 Å². The van der Waals surface area contributed by atoms with E-state index in [1.54, 1.807) is 30.7 Å². The average Bonchev–Trinajstić information content (AvgIpc) is 3.50. The highest BCUT2D eigenvalue weighted by Crippen LogP contribution is 2.41. The summed E-state index contributed by atoms with van der Waals surface area (Å²) in [6.07, 6.45) is 5.14. The number of hydrogen-bond acceptors (Lipinski definition) is 6. The van der Waals surface area contributed by atoms with E-state index in [0.29, 0.717) is 28.7 Å². The number of aromatic carboxylic acids is 2. The third kappa shape index (κ3) is 4.53. The molecule has 4 aromatic rings. The molecular weight excluding hydrogens is 480 g/mol. The fourth-order valence-corrected chi connectivity index (χ4v) is 4.56. The molecule has 5 rings (SSSR count). The van der Waals surface area contributed by atoms with E-state index in [2.05, 4.69) is 15.3 Å². The number of nitrogens with one attached hydrogen (secondary N) is 1. The first-order valence-electron chi connectivity index (χ1n) is 11.0. The van der Waals surface area contributed by atoms with Crippen molar-refractivity contribution >= 4 is 29.3 Å². The molecule has 0 saturated carbocycles. The van der Waals surface area contributed by atoms with Gasteiger partial charge in [-0.05, 0) is 72.4 Å². The summed E-state index contributed by atoms with van der Waals surface area (Å²) in [5.74, 6) is -1.54. The number of aromatic nitrogens is 2. The lowest BCUT2D eigenvalue weighted by Gasteiger charge is -2.26.